The molecule has 2 aromatic rings. The van der Waals surface area contributed by atoms with E-state index in [4.69, 9.17) is 4.74 Å². The van der Waals surface area contributed by atoms with Crippen LogP contribution < -0.4 is 15.1 Å². The molecule has 0 bridgehead atoms. The Morgan fingerprint density at radius 2 is 2.12 bits per heavy atom. The molecule has 8 nitrogen and oxygen atoms in total. The van der Waals surface area contributed by atoms with E-state index in [1.165, 1.54) is 11.3 Å². The highest BCUT2D eigenvalue weighted by molar-refractivity contribution is 9.10. The molecule has 3 heterocycles. The minimum Gasteiger partial charge on any atom is -0.378 e. The van der Waals surface area contributed by atoms with Crippen molar-refractivity contribution in [2.24, 2.45) is 0 Å². The highest BCUT2D eigenvalue weighted by Crippen LogP contribution is 2.19. The molecule has 0 radical (unpaired) electrons. The largest absolute Gasteiger partial charge is 0.378 e. The van der Waals surface area contributed by atoms with Crippen LogP contribution in [-0.2, 0) is 11.3 Å². The fourth-order valence-corrected chi connectivity index (χ4v) is 3.60. The smallest absolute Gasteiger partial charge is 0.261 e. The van der Waals surface area contributed by atoms with Crippen molar-refractivity contribution in [3.63, 3.8) is 0 Å². The van der Waals surface area contributed by atoms with Gasteiger partial charge < -0.3 is 19.9 Å². The first-order valence-corrected chi connectivity index (χ1v) is 9.47. The SMILES string of the molecule is CN(C)c1nc(CNC(=O)c2cc(Br)cs2)nc(N2CCOCC2)n1. The zero-order valence-electron chi connectivity index (χ0n) is 14.0. The molecule has 134 valence electrons. The average molecular weight is 427 g/mol. The van der Waals surface area contributed by atoms with Crippen LogP contribution in [0, 0.1) is 0 Å². The highest BCUT2D eigenvalue weighted by atomic mass is 79.9. The number of thiophene rings is 1. The summed E-state index contributed by atoms with van der Waals surface area (Å²) in [5.41, 5.74) is 0. The molecule has 1 amide bonds. The van der Waals surface area contributed by atoms with Gasteiger partial charge in [-0.2, -0.15) is 15.0 Å². The summed E-state index contributed by atoms with van der Waals surface area (Å²) < 4.78 is 6.27. The second-order valence-electron chi connectivity index (χ2n) is 5.66. The fraction of sp³-hybridized carbons (Fsp3) is 0.467. The minimum absolute atomic E-state index is 0.143. The molecule has 1 fully saturated rings. The summed E-state index contributed by atoms with van der Waals surface area (Å²) in [6.45, 7) is 3.04. The topological polar surface area (TPSA) is 83.5 Å². The summed E-state index contributed by atoms with van der Waals surface area (Å²) in [6, 6.07) is 1.79. The van der Waals surface area contributed by atoms with Crippen LogP contribution in [0.2, 0.25) is 0 Å². The maximum absolute atomic E-state index is 12.2. The van der Waals surface area contributed by atoms with Gasteiger partial charge in [0.2, 0.25) is 11.9 Å². The standard InChI is InChI=1S/C15H19BrN6O2S/c1-21(2)14-18-12(8-17-13(23)11-7-10(16)9-25-11)19-15(20-14)22-3-5-24-6-4-22/h7,9H,3-6,8H2,1-2H3,(H,17,23). The van der Waals surface area contributed by atoms with Crippen LogP contribution in [0.25, 0.3) is 0 Å². The lowest BCUT2D eigenvalue weighted by Gasteiger charge is -2.27. The van der Waals surface area contributed by atoms with Crippen molar-refractivity contribution in [1.82, 2.24) is 20.3 Å². The first-order valence-electron chi connectivity index (χ1n) is 7.80. The van der Waals surface area contributed by atoms with Crippen LogP contribution in [-0.4, -0.2) is 61.3 Å². The molecule has 0 atom stereocenters. The van der Waals surface area contributed by atoms with Crippen molar-refractivity contribution >= 4 is 45.1 Å². The molecular weight excluding hydrogens is 408 g/mol. The van der Waals surface area contributed by atoms with Crippen molar-refractivity contribution in [3.05, 3.63) is 26.6 Å². The lowest BCUT2D eigenvalue weighted by molar-refractivity contribution is 0.0954. The summed E-state index contributed by atoms with van der Waals surface area (Å²) in [7, 11) is 3.76. The number of morpholine rings is 1. The fourth-order valence-electron chi connectivity index (χ4n) is 2.26. The highest BCUT2D eigenvalue weighted by Gasteiger charge is 2.18. The molecule has 25 heavy (non-hydrogen) atoms. The van der Waals surface area contributed by atoms with Crippen LogP contribution in [0.15, 0.2) is 15.9 Å². The van der Waals surface area contributed by atoms with E-state index >= 15 is 0 Å². The van der Waals surface area contributed by atoms with E-state index < -0.39 is 0 Å². The van der Waals surface area contributed by atoms with Crippen LogP contribution in [0.5, 0.6) is 0 Å². The summed E-state index contributed by atoms with van der Waals surface area (Å²) in [5, 5.41) is 4.73. The number of hydrogen-bond acceptors (Lipinski definition) is 8. The van der Waals surface area contributed by atoms with E-state index in [1.807, 2.05) is 24.4 Å². The van der Waals surface area contributed by atoms with E-state index in [-0.39, 0.29) is 12.5 Å². The molecule has 0 unspecified atom stereocenters. The first-order chi connectivity index (χ1) is 12.0. The van der Waals surface area contributed by atoms with E-state index in [9.17, 15) is 4.79 Å². The number of nitrogens with zero attached hydrogens (tertiary/aromatic N) is 5. The number of aromatic nitrogens is 3. The summed E-state index contributed by atoms with van der Waals surface area (Å²) in [4.78, 5) is 30.2. The van der Waals surface area contributed by atoms with Crippen molar-refractivity contribution in [3.8, 4) is 0 Å². The Morgan fingerprint density at radius 3 is 2.76 bits per heavy atom. The van der Waals surface area contributed by atoms with Crippen LogP contribution in [0.4, 0.5) is 11.9 Å². The third-order valence-electron chi connectivity index (χ3n) is 3.55. The molecule has 1 aliphatic rings. The van der Waals surface area contributed by atoms with Crippen LogP contribution in [0.3, 0.4) is 0 Å². The average Bonchev–Trinajstić information content (AvgIpc) is 3.06. The first kappa shape index (κ1) is 18.0. The normalized spacial score (nSPS) is 14.4. The summed E-state index contributed by atoms with van der Waals surface area (Å²) in [5.74, 6) is 1.57. The Bertz CT molecular complexity index is 747. The lowest BCUT2D eigenvalue weighted by atomic mass is 10.4. The number of carbonyl (C=O) groups is 1. The molecule has 0 spiro atoms. The minimum atomic E-state index is -0.143. The zero-order valence-corrected chi connectivity index (χ0v) is 16.4. The maximum Gasteiger partial charge on any atom is 0.261 e. The van der Waals surface area contributed by atoms with E-state index in [0.717, 1.165) is 17.6 Å². The zero-order chi connectivity index (χ0) is 17.8. The Labute approximate surface area is 158 Å². The lowest BCUT2D eigenvalue weighted by Crippen LogP contribution is -2.38. The monoisotopic (exact) mass is 426 g/mol. The van der Waals surface area contributed by atoms with Gasteiger partial charge in [0.1, 0.15) is 0 Å². The van der Waals surface area contributed by atoms with Gasteiger partial charge >= 0.3 is 0 Å². The number of anilines is 2. The predicted molar refractivity (Wildman–Crippen MR) is 100 cm³/mol. The second-order valence-corrected chi connectivity index (χ2v) is 7.48. The van der Waals surface area contributed by atoms with Crippen molar-refractivity contribution in [1.29, 1.82) is 0 Å². The number of amides is 1. The maximum atomic E-state index is 12.2. The van der Waals surface area contributed by atoms with Gasteiger partial charge in [-0.15, -0.1) is 11.3 Å². The Kier molecular flexibility index (Phi) is 5.82. The third kappa shape index (κ3) is 4.65. The molecule has 0 aliphatic carbocycles. The van der Waals surface area contributed by atoms with Crippen molar-refractivity contribution in [2.75, 3.05) is 50.2 Å². The second kappa shape index (κ2) is 8.07. The van der Waals surface area contributed by atoms with Gasteiger partial charge in [-0.25, -0.2) is 0 Å². The number of carbonyl (C=O) groups excluding carboxylic acids is 1. The Hall–Kier alpha value is -1.78. The predicted octanol–water partition coefficient (Wildman–Crippen LogP) is 1.53. The van der Waals surface area contributed by atoms with E-state index in [0.29, 0.717) is 35.8 Å². The molecule has 2 aromatic heterocycles. The third-order valence-corrected chi connectivity index (χ3v) is 5.24. The van der Waals surface area contributed by atoms with Crippen molar-refractivity contribution in [2.45, 2.75) is 6.54 Å². The molecule has 0 aromatic carbocycles. The number of hydrogen-bond donors (Lipinski definition) is 1. The van der Waals surface area contributed by atoms with Gasteiger partial charge in [-0.05, 0) is 22.0 Å². The number of ether oxygens (including phenoxy) is 1. The van der Waals surface area contributed by atoms with Gasteiger partial charge in [0.05, 0.1) is 24.6 Å². The molecule has 10 heteroatoms. The number of halogens is 1. The Balaban J connectivity index is 1.75. The van der Waals surface area contributed by atoms with Crippen LogP contribution in [0.1, 0.15) is 15.5 Å². The molecular formula is C15H19BrN6O2S. The van der Waals surface area contributed by atoms with E-state index in [1.54, 1.807) is 6.07 Å². The molecule has 1 aliphatic heterocycles. The Morgan fingerprint density at radius 1 is 1.36 bits per heavy atom. The number of rotatable bonds is 5. The number of nitrogens with one attached hydrogen (secondary N) is 1. The van der Waals surface area contributed by atoms with Gasteiger partial charge in [-0.1, -0.05) is 0 Å². The van der Waals surface area contributed by atoms with Gasteiger partial charge in [0.25, 0.3) is 5.91 Å². The molecule has 0 saturated carbocycles. The van der Waals surface area contributed by atoms with Gasteiger partial charge in [-0.3, -0.25) is 4.79 Å². The molecule has 1 N–H and O–H groups in total. The van der Waals surface area contributed by atoms with Crippen molar-refractivity contribution < 1.29 is 9.53 Å². The molecule has 3 rings (SSSR count). The summed E-state index contributed by atoms with van der Waals surface area (Å²) >= 11 is 4.74. The van der Waals surface area contributed by atoms with Gasteiger partial charge in [0, 0.05) is 37.0 Å². The quantitative estimate of drug-likeness (QED) is 0.775. The van der Waals surface area contributed by atoms with Gasteiger partial charge in [0.15, 0.2) is 5.82 Å². The summed E-state index contributed by atoms with van der Waals surface area (Å²) in [6.07, 6.45) is 0. The van der Waals surface area contributed by atoms with E-state index in [2.05, 4.69) is 41.1 Å². The van der Waals surface area contributed by atoms with Crippen LogP contribution >= 0.6 is 27.3 Å². The molecule has 1 saturated heterocycles.